The van der Waals surface area contributed by atoms with Gasteiger partial charge < -0.3 is 5.32 Å². The molecular weight excluding hydrogens is 244 g/mol. The molecule has 3 nitrogen and oxygen atoms in total. The molecular formula is C14H22N2OS. The average molecular weight is 266 g/mol. The molecule has 2 bridgehead atoms. The van der Waals surface area contributed by atoms with Gasteiger partial charge in [-0.15, -0.1) is 0 Å². The summed E-state index contributed by atoms with van der Waals surface area (Å²) in [6, 6.07) is 0.482. The molecule has 3 fully saturated rings. The van der Waals surface area contributed by atoms with Crippen LogP contribution in [0.5, 0.6) is 0 Å². The van der Waals surface area contributed by atoms with Gasteiger partial charge in [-0.1, -0.05) is 31.5 Å². The molecule has 2 saturated carbocycles. The van der Waals surface area contributed by atoms with E-state index in [4.69, 9.17) is 4.99 Å². The summed E-state index contributed by atoms with van der Waals surface area (Å²) in [7, 11) is 0. The fourth-order valence-electron chi connectivity index (χ4n) is 3.73. The number of carbonyl (C=O) groups is 1. The maximum Gasteiger partial charge on any atom is 0.242 e. The van der Waals surface area contributed by atoms with Crippen molar-refractivity contribution in [3.05, 3.63) is 0 Å². The molecule has 0 aromatic heterocycles. The highest BCUT2D eigenvalue weighted by molar-refractivity contribution is 8.16. The predicted octanol–water partition coefficient (Wildman–Crippen LogP) is 2.95. The molecule has 3 rings (SSSR count). The van der Waals surface area contributed by atoms with Crippen LogP contribution in [0.1, 0.15) is 52.4 Å². The minimum Gasteiger partial charge on any atom is -0.304 e. The molecule has 1 saturated heterocycles. The van der Waals surface area contributed by atoms with E-state index in [1.54, 1.807) is 11.8 Å². The zero-order valence-corrected chi connectivity index (χ0v) is 12.1. The molecule has 18 heavy (non-hydrogen) atoms. The Balaban J connectivity index is 1.69. The number of rotatable bonds is 3. The van der Waals surface area contributed by atoms with Gasteiger partial charge in [-0.2, -0.15) is 0 Å². The van der Waals surface area contributed by atoms with Crippen LogP contribution in [0.4, 0.5) is 0 Å². The highest BCUT2D eigenvalue weighted by atomic mass is 32.2. The van der Waals surface area contributed by atoms with E-state index < -0.39 is 0 Å². The summed E-state index contributed by atoms with van der Waals surface area (Å²) in [5.74, 6) is 1.85. The first-order valence-corrected chi connectivity index (χ1v) is 8.00. The Hall–Kier alpha value is -0.510. The lowest BCUT2D eigenvalue weighted by Gasteiger charge is -2.18. The third kappa shape index (κ3) is 2.09. The number of hydrogen-bond donors (Lipinski definition) is 1. The molecule has 0 aromatic rings. The van der Waals surface area contributed by atoms with E-state index in [0.717, 1.165) is 29.8 Å². The summed E-state index contributed by atoms with van der Waals surface area (Å²) in [6.45, 7) is 4.17. The zero-order chi connectivity index (χ0) is 12.8. The lowest BCUT2D eigenvalue weighted by atomic mass is 9.96. The van der Waals surface area contributed by atoms with Crippen LogP contribution in [0.15, 0.2) is 4.99 Å². The van der Waals surface area contributed by atoms with Gasteiger partial charge >= 0.3 is 0 Å². The molecule has 0 radical (unpaired) electrons. The zero-order valence-electron chi connectivity index (χ0n) is 11.2. The van der Waals surface area contributed by atoms with Gasteiger partial charge in [0.1, 0.15) is 0 Å². The van der Waals surface area contributed by atoms with Crippen molar-refractivity contribution < 1.29 is 4.79 Å². The number of hydrogen-bond acceptors (Lipinski definition) is 3. The summed E-state index contributed by atoms with van der Waals surface area (Å²) in [6.07, 6.45) is 7.33. The van der Waals surface area contributed by atoms with Crippen molar-refractivity contribution >= 4 is 22.8 Å². The van der Waals surface area contributed by atoms with E-state index in [1.807, 2.05) is 6.92 Å². The van der Waals surface area contributed by atoms with Gasteiger partial charge in [0.2, 0.25) is 5.91 Å². The maximum atomic E-state index is 12.0. The van der Waals surface area contributed by atoms with Gasteiger partial charge in [0.15, 0.2) is 5.17 Å². The van der Waals surface area contributed by atoms with Crippen LogP contribution in [0, 0.1) is 11.8 Å². The largest absolute Gasteiger partial charge is 0.304 e. The lowest BCUT2D eigenvalue weighted by Crippen LogP contribution is -2.33. The number of carbonyl (C=O) groups excluding carboxylic acids is 1. The van der Waals surface area contributed by atoms with Crippen molar-refractivity contribution in [2.75, 3.05) is 0 Å². The van der Waals surface area contributed by atoms with Gasteiger partial charge in [0.25, 0.3) is 0 Å². The Morgan fingerprint density at radius 2 is 2.28 bits per heavy atom. The van der Waals surface area contributed by atoms with Crippen LogP contribution in [0.25, 0.3) is 0 Å². The lowest BCUT2D eigenvalue weighted by molar-refractivity contribution is -0.121. The van der Waals surface area contributed by atoms with Crippen LogP contribution in [0.3, 0.4) is 0 Å². The van der Waals surface area contributed by atoms with Crippen LogP contribution in [-0.4, -0.2) is 21.9 Å². The number of amides is 1. The highest BCUT2D eigenvalue weighted by Crippen LogP contribution is 2.46. The number of aliphatic imine (C=N–C) groups is 1. The van der Waals surface area contributed by atoms with Crippen LogP contribution < -0.4 is 5.32 Å². The van der Waals surface area contributed by atoms with E-state index in [0.29, 0.717) is 6.04 Å². The molecule has 3 aliphatic rings. The Bertz CT molecular complexity index is 395. The van der Waals surface area contributed by atoms with E-state index >= 15 is 0 Å². The maximum absolute atomic E-state index is 12.0. The molecule has 4 atom stereocenters. The average Bonchev–Trinajstić information content (AvgIpc) is 2.96. The van der Waals surface area contributed by atoms with Crippen LogP contribution >= 0.6 is 11.8 Å². The first-order valence-electron chi connectivity index (χ1n) is 7.19. The third-order valence-corrected chi connectivity index (χ3v) is 5.97. The smallest absolute Gasteiger partial charge is 0.242 e. The van der Waals surface area contributed by atoms with Crippen molar-refractivity contribution in [1.29, 1.82) is 0 Å². The van der Waals surface area contributed by atoms with E-state index in [2.05, 4.69) is 12.2 Å². The first kappa shape index (κ1) is 12.5. The Labute approximate surface area is 113 Å². The Morgan fingerprint density at radius 3 is 2.89 bits per heavy atom. The SMILES string of the molecule is CCCC1(C)SC(=N[C@@H]2CC3CC[C@@H]2C3)NC1=O. The second-order valence-electron chi connectivity index (χ2n) is 6.21. The van der Waals surface area contributed by atoms with Crippen molar-refractivity contribution in [1.82, 2.24) is 5.32 Å². The molecule has 100 valence electrons. The quantitative estimate of drug-likeness (QED) is 0.853. The van der Waals surface area contributed by atoms with E-state index in [9.17, 15) is 4.79 Å². The topological polar surface area (TPSA) is 41.5 Å². The molecule has 0 spiro atoms. The molecule has 2 unspecified atom stereocenters. The fraction of sp³-hybridized carbons (Fsp3) is 0.857. The van der Waals surface area contributed by atoms with Gasteiger partial charge in [0, 0.05) is 0 Å². The Kier molecular flexibility index (Phi) is 3.16. The van der Waals surface area contributed by atoms with Gasteiger partial charge in [0.05, 0.1) is 10.8 Å². The van der Waals surface area contributed by atoms with Gasteiger partial charge in [-0.3, -0.25) is 9.79 Å². The highest BCUT2D eigenvalue weighted by Gasteiger charge is 2.44. The summed E-state index contributed by atoms with van der Waals surface area (Å²) in [5.41, 5.74) is 0. The molecule has 4 heteroatoms. The molecule has 2 aliphatic carbocycles. The van der Waals surface area contributed by atoms with Crippen LogP contribution in [-0.2, 0) is 4.79 Å². The van der Waals surface area contributed by atoms with Gasteiger partial charge in [-0.25, -0.2) is 0 Å². The van der Waals surface area contributed by atoms with Crippen molar-refractivity contribution in [2.45, 2.75) is 63.2 Å². The second kappa shape index (κ2) is 4.55. The summed E-state index contributed by atoms with van der Waals surface area (Å²) >= 11 is 1.65. The monoisotopic (exact) mass is 266 g/mol. The van der Waals surface area contributed by atoms with E-state index in [-0.39, 0.29) is 10.7 Å². The molecule has 1 N–H and O–H groups in total. The van der Waals surface area contributed by atoms with Crippen LogP contribution in [0.2, 0.25) is 0 Å². The minimum absolute atomic E-state index is 0.149. The molecule has 0 aromatic carbocycles. The van der Waals surface area contributed by atoms with Gasteiger partial charge in [-0.05, 0) is 44.4 Å². The molecule has 1 heterocycles. The fourth-order valence-corrected chi connectivity index (χ4v) is 4.94. The second-order valence-corrected chi connectivity index (χ2v) is 7.71. The number of nitrogens with one attached hydrogen (secondary N) is 1. The van der Waals surface area contributed by atoms with Crippen molar-refractivity contribution in [3.8, 4) is 0 Å². The number of nitrogens with zero attached hydrogens (tertiary/aromatic N) is 1. The summed E-state index contributed by atoms with van der Waals surface area (Å²) < 4.78 is -0.287. The van der Waals surface area contributed by atoms with Crippen molar-refractivity contribution in [3.63, 3.8) is 0 Å². The molecule has 1 amide bonds. The standard InChI is InChI=1S/C14H22N2OS/c1-3-6-14(2)12(17)16-13(18-14)15-11-8-9-4-5-10(11)7-9/h9-11H,3-8H2,1-2H3,(H,15,16,17)/t9?,10-,11-,14?/m1/s1. The van der Waals surface area contributed by atoms with E-state index in [1.165, 1.54) is 25.7 Å². The first-order chi connectivity index (χ1) is 8.60. The summed E-state index contributed by atoms with van der Waals surface area (Å²) in [5, 5.41) is 3.87. The minimum atomic E-state index is -0.287. The Morgan fingerprint density at radius 1 is 1.44 bits per heavy atom. The number of thioether (sulfide) groups is 1. The summed E-state index contributed by atoms with van der Waals surface area (Å²) in [4.78, 5) is 16.9. The third-order valence-electron chi connectivity index (χ3n) is 4.73. The predicted molar refractivity (Wildman–Crippen MR) is 75.7 cm³/mol. The number of fused-ring (bicyclic) bond motifs is 2. The number of amidine groups is 1. The normalized spacial score (nSPS) is 44.9. The van der Waals surface area contributed by atoms with Crippen molar-refractivity contribution in [2.24, 2.45) is 16.8 Å². The molecule has 1 aliphatic heterocycles.